The van der Waals surface area contributed by atoms with Gasteiger partial charge in [-0.05, 0) is 31.0 Å². The average molecular weight is 285 g/mol. The van der Waals surface area contributed by atoms with Gasteiger partial charge in [-0.2, -0.15) is 0 Å². The van der Waals surface area contributed by atoms with Crippen molar-refractivity contribution in [1.29, 1.82) is 0 Å². The molecule has 0 spiro atoms. The van der Waals surface area contributed by atoms with Crippen LogP contribution in [0.3, 0.4) is 0 Å². The van der Waals surface area contributed by atoms with Crippen LogP contribution in [0.5, 0.6) is 0 Å². The van der Waals surface area contributed by atoms with Crippen LogP contribution in [0.2, 0.25) is 5.02 Å². The van der Waals surface area contributed by atoms with Gasteiger partial charge in [-0.3, -0.25) is 4.79 Å². The Kier molecular flexibility index (Phi) is 5.56. The highest BCUT2D eigenvalue weighted by atomic mass is 35.5. The standard InChI is InChI=1S/C13H17ClN2OS/c1-3-5-11(12(15)18)16-13(17)9-6-4-7-10(14)8(9)2/h4,6-7,11H,3,5H2,1-2H3,(H2,15,18)(H,16,17). The van der Waals surface area contributed by atoms with Crippen molar-refractivity contribution in [1.82, 2.24) is 5.32 Å². The van der Waals surface area contributed by atoms with Gasteiger partial charge in [-0.25, -0.2) is 0 Å². The minimum Gasteiger partial charge on any atom is -0.392 e. The zero-order valence-corrected chi connectivity index (χ0v) is 12.1. The summed E-state index contributed by atoms with van der Waals surface area (Å²) in [6, 6.07) is 4.97. The van der Waals surface area contributed by atoms with Crippen molar-refractivity contribution >= 4 is 34.7 Å². The van der Waals surface area contributed by atoms with Crippen molar-refractivity contribution in [3.63, 3.8) is 0 Å². The van der Waals surface area contributed by atoms with Crippen LogP contribution in [0.15, 0.2) is 18.2 Å². The van der Waals surface area contributed by atoms with Crippen molar-refractivity contribution in [3.05, 3.63) is 34.3 Å². The fourth-order valence-electron chi connectivity index (χ4n) is 1.66. The molecule has 1 unspecified atom stereocenters. The van der Waals surface area contributed by atoms with E-state index in [1.807, 2.05) is 13.8 Å². The van der Waals surface area contributed by atoms with Gasteiger partial charge in [0.05, 0.1) is 11.0 Å². The highest BCUT2D eigenvalue weighted by Gasteiger charge is 2.17. The molecule has 3 N–H and O–H groups in total. The predicted octanol–water partition coefficient (Wildman–Crippen LogP) is 2.83. The van der Waals surface area contributed by atoms with Gasteiger partial charge >= 0.3 is 0 Å². The number of nitrogens with one attached hydrogen (secondary N) is 1. The molecular formula is C13H17ClN2OS. The van der Waals surface area contributed by atoms with Crippen molar-refractivity contribution in [2.45, 2.75) is 32.7 Å². The van der Waals surface area contributed by atoms with Gasteiger partial charge in [0.25, 0.3) is 5.91 Å². The molecule has 1 rings (SSSR count). The van der Waals surface area contributed by atoms with Crippen molar-refractivity contribution in [2.75, 3.05) is 0 Å². The van der Waals surface area contributed by atoms with Crippen molar-refractivity contribution < 1.29 is 4.79 Å². The minimum atomic E-state index is -0.268. The third-order valence-electron chi connectivity index (χ3n) is 2.74. The second kappa shape index (κ2) is 6.71. The Morgan fingerprint density at radius 3 is 2.78 bits per heavy atom. The minimum absolute atomic E-state index is 0.193. The number of benzene rings is 1. The maximum absolute atomic E-state index is 12.1. The molecule has 98 valence electrons. The molecule has 1 aromatic carbocycles. The number of nitrogens with two attached hydrogens (primary N) is 1. The van der Waals surface area contributed by atoms with Crippen LogP contribution in [0.1, 0.15) is 35.7 Å². The second-order valence-electron chi connectivity index (χ2n) is 4.13. The fourth-order valence-corrected chi connectivity index (χ4v) is 2.01. The molecule has 3 nitrogen and oxygen atoms in total. The molecule has 1 aromatic rings. The first kappa shape index (κ1) is 14.9. The Balaban J connectivity index is 2.87. The number of carbonyl (C=O) groups is 1. The fraction of sp³-hybridized carbons (Fsp3) is 0.385. The molecule has 0 bridgehead atoms. The van der Waals surface area contributed by atoms with Crippen LogP contribution in [0.4, 0.5) is 0 Å². The number of hydrogen-bond donors (Lipinski definition) is 2. The molecule has 0 radical (unpaired) electrons. The SMILES string of the molecule is CCCC(NC(=O)c1cccc(Cl)c1C)C(N)=S. The Morgan fingerprint density at radius 2 is 2.22 bits per heavy atom. The zero-order valence-electron chi connectivity index (χ0n) is 10.5. The smallest absolute Gasteiger partial charge is 0.252 e. The maximum Gasteiger partial charge on any atom is 0.252 e. The van der Waals surface area contributed by atoms with E-state index >= 15 is 0 Å². The Labute approximate surface area is 118 Å². The topological polar surface area (TPSA) is 55.1 Å². The van der Waals surface area contributed by atoms with Gasteiger partial charge in [0.15, 0.2) is 0 Å². The van der Waals surface area contributed by atoms with Crippen molar-refractivity contribution in [3.8, 4) is 0 Å². The molecule has 0 aromatic heterocycles. The predicted molar refractivity (Wildman–Crippen MR) is 79.1 cm³/mol. The van der Waals surface area contributed by atoms with Crippen LogP contribution < -0.4 is 11.1 Å². The van der Waals surface area contributed by atoms with Crippen molar-refractivity contribution in [2.24, 2.45) is 5.73 Å². The first-order valence-electron chi connectivity index (χ1n) is 5.82. The monoisotopic (exact) mass is 284 g/mol. The van der Waals surface area contributed by atoms with E-state index in [0.29, 0.717) is 15.6 Å². The molecule has 0 aliphatic heterocycles. The molecule has 0 fully saturated rings. The van der Waals surface area contributed by atoms with Gasteiger partial charge in [0.1, 0.15) is 0 Å². The summed E-state index contributed by atoms with van der Waals surface area (Å²) < 4.78 is 0. The third-order valence-corrected chi connectivity index (χ3v) is 3.43. The molecular weight excluding hydrogens is 268 g/mol. The largest absolute Gasteiger partial charge is 0.392 e. The lowest BCUT2D eigenvalue weighted by atomic mass is 10.1. The van der Waals surface area contributed by atoms with Gasteiger partial charge in [0, 0.05) is 10.6 Å². The highest BCUT2D eigenvalue weighted by Crippen LogP contribution is 2.18. The van der Waals surface area contributed by atoms with Gasteiger partial charge in [-0.15, -0.1) is 0 Å². The number of thiocarbonyl (C=S) groups is 1. The summed E-state index contributed by atoms with van der Waals surface area (Å²) in [5.74, 6) is -0.193. The van der Waals surface area contributed by atoms with E-state index < -0.39 is 0 Å². The van der Waals surface area contributed by atoms with Crippen LogP contribution in [-0.2, 0) is 0 Å². The molecule has 1 amide bonds. The summed E-state index contributed by atoms with van der Waals surface area (Å²) in [5, 5.41) is 3.41. The Hall–Kier alpha value is -1.13. The molecule has 0 heterocycles. The summed E-state index contributed by atoms with van der Waals surface area (Å²) >= 11 is 10.9. The first-order chi connectivity index (χ1) is 8.47. The molecule has 18 heavy (non-hydrogen) atoms. The Morgan fingerprint density at radius 1 is 1.56 bits per heavy atom. The zero-order chi connectivity index (χ0) is 13.7. The molecule has 0 saturated heterocycles. The lowest BCUT2D eigenvalue weighted by Crippen LogP contribution is -2.43. The molecule has 0 aliphatic rings. The summed E-state index contributed by atoms with van der Waals surface area (Å²) in [5.41, 5.74) is 6.92. The summed E-state index contributed by atoms with van der Waals surface area (Å²) in [6.45, 7) is 3.83. The van der Waals surface area contributed by atoms with Gasteiger partial charge in [0.2, 0.25) is 0 Å². The van der Waals surface area contributed by atoms with E-state index in [0.717, 1.165) is 18.4 Å². The quantitative estimate of drug-likeness (QED) is 0.818. The highest BCUT2D eigenvalue weighted by molar-refractivity contribution is 7.80. The van der Waals surface area contributed by atoms with Gasteiger partial charge in [-0.1, -0.05) is 43.2 Å². The average Bonchev–Trinajstić information content (AvgIpc) is 2.31. The lowest BCUT2D eigenvalue weighted by Gasteiger charge is -2.17. The second-order valence-corrected chi connectivity index (χ2v) is 5.01. The lowest BCUT2D eigenvalue weighted by molar-refractivity contribution is 0.0945. The number of hydrogen-bond acceptors (Lipinski definition) is 2. The first-order valence-corrected chi connectivity index (χ1v) is 6.61. The number of carbonyl (C=O) groups excluding carboxylic acids is 1. The van der Waals surface area contributed by atoms with Crippen LogP contribution in [0.25, 0.3) is 0 Å². The van der Waals surface area contributed by atoms with E-state index in [1.54, 1.807) is 18.2 Å². The summed E-state index contributed by atoms with van der Waals surface area (Å²) in [7, 11) is 0. The maximum atomic E-state index is 12.1. The van der Waals surface area contributed by atoms with E-state index in [1.165, 1.54) is 0 Å². The molecule has 1 atom stereocenters. The normalized spacial score (nSPS) is 11.9. The number of rotatable bonds is 5. The molecule has 0 saturated carbocycles. The van der Waals surface area contributed by atoms with E-state index in [-0.39, 0.29) is 11.9 Å². The Bertz CT molecular complexity index is 462. The van der Waals surface area contributed by atoms with Crippen LogP contribution >= 0.6 is 23.8 Å². The van der Waals surface area contributed by atoms with Crippen LogP contribution in [0, 0.1) is 6.92 Å². The molecule has 5 heteroatoms. The van der Waals surface area contributed by atoms with Crippen LogP contribution in [-0.4, -0.2) is 16.9 Å². The summed E-state index contributed by atoms with van der Waals surface area (Å²) in [6.07, 6.45) is 1.64. The third kappa shape index (κ3) is 3.68. The van der Waals surface area contributed by atoms with Gasteiger partial charge < -0.3 is 11.1 Å². The molecule has 0 aliphatic carbocycles. The van der Waals surface area contributed by atoms with E-state index in [4.69, 9.17) is 29.6 Å². The number of amides is 1. The summed E-state index contributed by atoms with van der Waals surface area (Å²) in [4.78, 5) is 12.4. The van der Waals surface area contributed by atoms with E-state index in [9.17, 15) is 4.79 Å². The van der Waals surface area contributed by atoms with E-state index in [2.05, 4.69) is 5.32 Å². The number of halogens is 1.